The Hall–Kier alpha value is -2.35. The summed E-state index contributed by atoms with van der Waals surface area (Å²) in [5, 5.41) is 4.48. The molecule has 1 atom stereocenters. The van der Waals surface area contributed by atoms with E-state index in [0.29, 0.717) is 22.3 Å². The molecule has 2 aromatic heterocycles. The Bertz CT molecular complexity index is 808. The summed E-state index contributed by atoms with van der Waals surface area (Å²) < 4.78 is 10.3. The number of amides is 1. The van der Waals surface area contributed by atoms with Crippen molar-refractivity contribution in [2.45, 2.75) is 37.5 Å². The number of rotatable bonds is 6. The van der Waals surface area contributed by atoms with Gasteiger partial charge in [-0.2, -0.15) is 0 Å². The van der Waals surface area contributed by atoms with E-state index in [1.807, 2.05) is 13.0 Å². The number of aromatic nitrogens is 2. The molecule has 7 nitrogen and oxygen atoms in total. The fraction of sp³-hybridized carbons (Fsp3) is 0.474. The van der Waals surface area contributed by atoms with Crippen LogP contribution in [-0.2, 0) is 15.3 Å². The minimum atomic E-state index is -0.541. The van der Waals surface area contributed by atoms with E-state index >= 15 is 0 Å². The Morgan fingerprint density at radius 1 is 1.44 bits per heavy atom. The maximum Gasteiger partial charge on any atom is 0.341 e. The molecule has 0 saturated carbocycles. The molecule has 3 heterocycles. The summed E-state index contributed by atoms with van der Waals surface area (Å²) in [5.74, 6) is 1.06. The van der Waals surface area contributed by atoms with Gasteiger partial charge in [-0.15, -0.1) is 0 Å². The van der Waals surface area contributed by atoms with Crippen LogP contribution in [0.1, 0.15) is 41.6 Å². The van der Waals surface area contributed by atoms with Gasteiger partial charge in [0.2, 0.25) is 0 Å². The third-order valence-electron chi connectivity index (χ3n) is 4.36. The van der Waals surface area contributed by atoms with Crippen LogP contribution in [0.15, 0.2) is 33.9 Å². The molecule has 1 aliphatic heterocycles. The Balaban J connectivity index is 1.57. The summed E-state index contributed by atoms with van der Waals surface area (Å²) in [6.45, 7) is 5.16. The van der Waals surface area contributed by atoms with E-state index in [4.69, 9.17) is 9.26 Å². The van der Waals surface area contributed by atoms with Gasteiger partial charge in [0.25, 0.3) is 5.91 Å². The minimum Gasteiger partial charge on any atom is -0.452 e. The molecule has 0 radical (unpaired) electrons. The number of hydrogen-bond acceptors (Lipinski definition) is 7. The van der Waals surface area contributed by atoms with Gasteiger partial charge in [0.05, 0.1) is 11.3 Å². The molecule has 27 heavy (non-hydrogen) atoms. The van der Waals surface area contributed by atoms with E-state index in [1.165, 1.54) is 11.8 Å². The molecule has 2 aromatic rings. The fourth-order valence-corrected chi connectivity index (χ4v) is 3.86. The molecule has 0 bridgehead atoms. The van der Waals surface area contributed by atoms with E-state index < -0.39 is 5.97 Å². The molecule has 0 aromatic carbocycles. The van der Waals surface area contributed by atoms with Gasteiger partial charge in [0.15, 0.2) is 6.61 Å². The smallest absolute Gasteiger partial charge is 0.341 e. The summed E-state index contributed by atoms with van der Waals surface area (Å²) >= 11 is 1.37. The second-order valence-corrected chi connectivity index (χ2v) is 7.70. The van der Waals surface area contributed by atoms with Crippen LogP contribution in [0.25, 0.3) is 0 Å². The van der Waals surface area contributed by atoms with Gasteiger partial charge in [0.1, 0.15) is 10.8 Å². The summed E-state index contributed by atoms with van der Waals surface area (Å²) in [5.41, 5.74) is 1.12. The first-order valence-corrected chi connectivity index (χ1v) is 9.96. The van der Waals surface area contributed by atoms with Crippen molar-refractivity contribution >= 4 is 23.6 Å². The van der Waals surface area contributed by atoms with E-state index in [1.54, 1.807) is 23.2 Å². The number of carbonyl (C=O) groups excluding carboxylic acids is 2. The quantitative estimate of drug-likeness (QED) is 0.554. The Labute approximate surface area is 162 Å². The van der Waals surface area contributed by atoms with Crippen LogP contribution < -0.4 is 0 Å². The number of aryl methyl sites for hydroxylation is 1. The highest BCUT2D eigenvalue weighted by molar-refractivity contribution is 7.98. The molecule has 1 unspecified atom stereocenters. The van der Waals surface area contributed by atoms with Crippen molar-refractivity contribution in [3.05, 3.63) is 41.4 Å². The van der Waals surface area contributed by atoms with Gasteiger partial charge >= 0.3 is 5.97 Å². The fourth-order valence-electron chi connectivity index (χ4n) is 3.00. The highest BCUT2D eigenvalue weighted by Gasteiger charge is 2.23. The third-order valence-corrected chi connectivity index (χ3v) is 5.40. The number of thioether (sulfide) groups is 1. The van der Waals surface area contributed by atoms with Crippen LogP contribution in [0, 0.1) is 12.8 Å². The number of pyridine rings is 1. The molecule has 0 spiro atoms. The van der Waals surface area contributed by atoms with Crippen LogP contribution in [0.5, 0.6) is 0 Å². The molecule has 3 rings (SSSR count). The predicted molar refractivity (Wildman–Crippen MR) is 100 cm³/mol. The van der Waals surface area contributed by atoms with Crippen molar-refractivity contribution in [1.29, 1.82) is 0 Å². The maximum atomic E-state index is 12.5. The average Bonchev–Trinajstić information content (AvgIpc) is 3.09. The lowest BCUT2D eigenvalue weighted by atomic mass is 10.0. The molecule has 1 saturated heterocycles. The Morgan fingerprint density at radius 3 is 3.04 bits per heavy atom. The van der Waals surface area contributed by atoms with Crippen molar-refractivity contribution in [2.75, 3.05) is 19.7 Å². The third kappa shape index (κ3) is 5.32. The summed E-state index contributed by atoms with van der Waals surface area (Å²) in [6, 6.07) is 5.17. The van der Waals surface area contributed by atoms with Crippen molar-refractivity contribution in [3.8, 4) is 0 Å². The topological polar surface area (TPSA) is 85.5 Å². The molecule has 8 heteroatoms. The first kappa shape index (κ1) is 19.4. The lowest BCUT2D eigenvalue weighted by Crippen LogP contribution is -2.41. The van der Waals surface area contributed by atoms with Crippen LogP contribution in [0.2, 0.25) is 0 Å². The average molecular weight is 389 g/mol. The first-order chi connectivity index (χ1) is 13.0. The monoisotopic (exact) mass is 389 g/mol. The minimum absolute atomic E-state index is 0.147. The molecule has 1 aliphatic rings. The molecule has 144 valence electrons. The highest BCUT2D eigenvalue weighted by atomic mass is 32.2. The zero-order chi connectivity index (χ0) is 19.2. The van der Waals surface area contributed by atoms with Gasteiger partial charge in [0, 0.05) is 31.1 Å². The standard InChI is InChI=1S/C19H23N3O4S/c1-13-5-4-8-22(10-13)17(23)11-25-19(24)16-6-3-7-20-18(16)27-12-15-9-14(2)26-21-15/h3,6-7,9,13H,4-5,8,10-12H2,1-2H3. The molecule has 0 N–H and O–H groups in total. The van der Waals surface area contributed by atoms with Gasteiger partial charge in [-0.3, -0.25) is 4.79 Å². The number of hydrogen-bond donors (Lipinski definition) is 0. The van der Waals surface area contributed by atoms with Crippen molar-refractivity contribution in [1.82, 2.24) is 15.0 Å². The number of piperidine rings is 1. The van der Waals surface area contributed by atoms with Gasteiger partial charge in [-0.05, 0) is 37.8 Å². The van der Waals surface area contributed by atoms with E-state index in [-0.39, 0.29) is 12.5 Å². The van der Waals surface area contributed by atoms with Crippen LogP contribution in [-0.4, -0.2) is 46.6 Å². The van der Waals surface area contributed by atoms with Crippen LogP contribution >= 0.6 is 11.8 Å². The predicted octanol–water partition coefficient (Wildman–Crippen LogP) is 3.09. The Kier molecular flexibility index (Phi) is 6.49. The number of carbonyl (C=O) groups is 2. The normalized spacial score (nSPS) is 17.0. The molecule has 1 amide bonds. The van der Waals surface area contributed by atoms with Crippen LogP contribution in [0.3, 0.4) is 0 Å². The van der Waals surface area contributed by atoms with Gasteiger partial charge in [-0.1, -0.05) is 23.8 Å². The molecular formula is C19H23N3O4S. The summed E-state index contributed by atoms with van der Waals surface area (Å²) in [4.78, 5) is 30.8. The highest BCUT2D eigenvalue weighted by Crippen LogP contribution is 2.24. The number of esters is 1. The SMILES string of the molecule is Cc1cc(CSc2ncccc2C(=O)OCC(=O)N2CCCC(C)C2)no1. The van der Waals surface area contributed by atoms with E-state index in [2.05, 4.69) is 17.1 Å². The second kappa shape index (κ2) is 9.03. The van der Waals surface area contributed by atoms with Crippen molar-refractivity contribution < 1.29 is 18.8 Å². The molecule has 1 fully saturated rings. The Morgan fingerprint density at radius 2 is 2.30 bits per heavy atom. The van der Waals surface area contributed by atoms with Gasteiger partial charge in [-0.25, -0.2) is 9.78 Å². The summed E-state index contributed by atoms with van der Waals surface area (Å²) in [7, 11) is 0. The number of likely N-dealkylation sites (tertiary alicyclic amines) is 1. The number of ether oxygens (including phenoxy) is 1. The van der Waals surface area contributed by atoms with Crippen molar-refractivity contribution in [3.63, 3.8) is 0 Å². The lowest BCUT2D eigenvalue weighted by molar-refractivity contribution is -0.136. The zero-order valence-corrected chi connectivity index (χ0v) is 16.3. The van der Waals surface area contributed by atoms with Crippen molar-refractivity contribution in [2.24, 2.45) is 5.92 Å². The maximum absolute atomic E-state index is 12.5. The zero-order valence-electron chi connectivity index (χ0n) is 15.5. The lowest BCUT2D eigenvalue weighted by Gasteiger charge is -2.30. The molecule has 0 aliphatic carbocycles. The molecular weight excluding hydrogens is 366 g/mol. The van der Waals surface area contributed by atoms with Crippen LogP contribution in [0.4, 0.5) is 0 Å². The van der Waals surface area contributed by atoms with Gasteiger partial charge < -0.3 is 14.2 Å². The largest absolute Gasteiger partial charge is 0.452 e. The number of nitrogens with zero attached hydrogens (tertiary/aromatic N) is 3. The van der Waals surface area contributed by atoms with E-state index in [9.17, 15) is 9.59 Å². The summed E-state index contributed by atoms with van der Waals surface area (Å²) in [6.07, 6.45) is 3.74. The van der Waals surface area contributed by atoms with E-state index in [0.717, 1.165) is 37.4 Å². The second-order valence-electron chi connectivity index (χ2n) is 6.74. The first-order valence-electron chi connectivity index (χ1n) is 8.98.